The summed E-state index contributed by atoms with van der Waals surface area (Å²) in [4.78, 5) is 17.4. The minimum atomic E-state index is -3.88. The lowest BCUT2D eigenvalue weighted by Crippen LogP contribution is -2.51. The van der Waals surface area contributed by atoms with Gasteiger partial charge in [0.1, 0.15) is 6.54 Å². The number of hydrogen-bond acceptors (Lipinski definition) is 4. The topological polar surface area (TPSA) is 60.9 Å². The van der Waals surface area contributed by atoms with E-state index in [9.17, 15) is 13.2 Å². The predicted octanol–water partition coefficient (Wildman–Crippen LogP) is 3.83. The summed E-state index contributed by atoms with van der Waals surface area (Å²) < 4.78 is 29.1. The predicted molar refractivity (Wildman–Crippen MR) is 138 cm³/mol. The van der Waals surface area contributed by atoms with Crippen LogP contribution in [0.3, 0.4) is 0 Å². The Bertz CT molecular complexity index is 1160. The van der Waals surface area contributed by atoms with Crippen LogP contribution in [0.5, 0.6) is 0 Å². The number of rotatable bonds is 7. The number of amides is 1. The number of nitrogens with zero attached hydrogens (tertiary/aromatic N) is 3. The van der Waals surface area contributed by atoms with E-state index in [4.69, 9.17) is 0 Å². The van der Waals surface area contributed by atoms with Gasteiger partial charge in [0.05, 0.1) is 10.6 Å². The molecular weight excluding hydrogens is 549 g/mol. The summed E-state index contributed by atoms with van der Waals surface area (Å²) in [6, 6.07) is 25.7. The Hall–Kier alpha value is -2.43. The van der Waals surface area contributed by atoms with Gasteiger partial charge in [0.15, 0.2) is 0 Å². The second kappa shape index (κ2) is 10.7. The van der Waals surface area contributed by atoms with E-state index < -0.39 is 10.0 Å². The number of sulfonamides is 1. The van der Waals surface area contributed by atoms with Gasteiger partial charge in [0.2, 0.25) is 5.91 Å². The molecule has 1 heterocycles. The van der Waals surface area contributed by atoms with Crippen molar-refractivity contribution in [3.63, 3.8) is 0 Å². The van der Waals surface area contributed by atoms with Crippen molar-refractivity contribution in [3.05, 3.63) is 94.1 Å². The molecule has 3 aromatic carbocycles. The summed E-state index contributed by atoms with van der Waals surface area (Å²) >= 11 is 2.17. The van der Waals surface area contributed by atoms with Crippen LogP contribution in [0, 0.1) is 3.57 Å². The Balaban J connectivity index is 1.47. The second-order valence-corrected chi connectivity index (χ2v) is 11.1. The third-order valence-electron chi connectivity index (χ3n) is 5.70. The van der Waals surface area contributed by atoms with Gasteiger partial charge in [0, 0.05) is 36.3 Å². The van der Waals surface area contributed by atoms with Crippen molar-refractivity contribution < 1.29 is 13.2 Å². The number of piperazine rings is 1. The van der Waals surface area contributed by atoms with E-state index in [0.29, 0.717) is 18.8 Å². The molecule has 33 heavy (non-hydrogen) atoms. The molecule has 0 bridgehead atoms. The van der Waals surface area contributed by atoms with Gasteiger partial charge in [-0.3, -0.25) is 14.0 Å². The first kappa shape index (κ1) is 23.7. The van der Waals surface area contributed by atoms with Crippen molar-refractivity contribution >= 4 is 44.2 Å². The van der Waals surface area contributed by atoms with Crippen molar-refractivity contribution in [1.29, 1.82) is 0 Å². The van der Waals surface area contributed by atoms with Crippen molar-refractivity contribution in [1.82, 2.24) is 9.80 Å². The van der Waals surface area contributed by atoms with Crippen molar-refractivity contribution in [2.45, 2.75) is 11.4 Å². The van der Waals surface area contributed by atoms with Crippen LogP contribution < -0.4 is 4.31 Å². The van der Waals surface area contributed by atoms with Gasteiger partial charge in [-0.2, -0.15) is 0 Å². The average Bonchev–Trinajstić information content (AvgIpc) is 2.85. The zero-order valence-corrected chi connectivity index (χ0v) is 21.2. The Morgan fingerprint density at radius 3 is 2.00 bits per heavy atom. The Kier molecular flexibility index (Phi) is 7.67. The molecule has 6 nitrogen and oxygen atoms in total. The summed E-state index contributed by atoms with van der Waals surface area (Å²) in [6.07, 6.45) is 0. The zero-order chi connectivity index (χ0) is 23.3. The van der Waals surface area contributed by atoms with Crippen LogP contribution in [0.15, 0.2) is 89.8 Å². The third-order valence-corrected chi connectivity index (χ3v) is 8.21. The molecule has 0 atom stereocenters. The number of anilines is 1. The van der Waals surface area contributed by atoms with Crippen LogP contribution in [0.25, 0.3) is 0 Å². The highest BCUT2D eigenvalue weighted by Gasteiger charge is 2.30. The van der Waals surface area contributed by atoms with Gasteiger partial charge in [-0.25, -0.2) is 8.42 Å². The van der Waals surface area contributed by atoms with Gasteiger partial charge in [-0.05, 0) is 64.6 Å². The third kappa shape index (κ3) is 5.93. The molecule has 3 aromatic rings. The van der Waals surface area contributed by atoms with Crippen LogP contribution >= 0.6 is 22.6 Å². The Labute approximate surface area is 209 Å². The van der Waals surface area contributed by atoms with Gasteiger partial charge < -0.3 is 4.90 Å². The van der Waals surface area contributed by atoms with E-state index in [2.05, 4.69) is 39.6 Å². The van der Waals surface area contributed by atoms with E-state index in [0.717, 1.165) is 23.2 Å². The van der Waals surface area contributed by atoms with E-state index in [-0.39, 0.29) is 17.3 Å². The fourth-order valence-corrected chi connectivity index (χ4v) is 5.66. The fourth-order valence-electron chi connectivity index (χ4n) is 3.86. The zero-order valence-electron chi connectivity index (χ0n) is 18.2. The number of halogens is 1. The molecule has 1 fully saturated rings. The molecule has 0 radical (unpaired) electrons. The Morgan fingerprint density at radius 1 is 0.818 bits per heavy atom. The Morgan fingerprint density at radius 2 is 1.39 bits per heavy atom. The highest BCUT2D eigenvalue weighted by atomic mass is 127. The van der Waals surface area contributed by atoms with Gasteiger partial charge in [-0.1, -0.05) is 48.5 Å². The van der Waals surface area contributed by atoms with Crippen molar-refractivity contribution in [3.8, 4) is 0 Å². The van der Waals surface area contributed by atoms with E-state index in [1.807, 2.05) is 30.3 Å². The quantitative estimate of drug-likeness (QED) is 0.402. The molecule has 0 unspecified atom stereocenters. The molecular formula is C25H26IN3O3S. The highest BCUT2D eigenvalue weighted by Crippen LogP contribution is 2.25. The second-order valence-electron chi connectivity index (χ2n) is 7.94. The van der Waals surface area contributed by atoms with Gasteiger partial charge in [-0.15, -0.1) is 0 Å². The normalized spacial score (nSPS) is 14.8. The first-order valence-corrected chi connectivity index (χ1v) is 13.3. The van der Waals surface area contributed by atoms with Gasteiger partial charge in [0.25, 0.3) is 10.0 Å². The molecule has 1 amide bonds. The monoisotopic (exact) mass is 575 g/mol. The minimum absolute atomic E-state index is 0.170. The lowest BCUT2D eigenvalue weighted by atomic mass is 10.2. The maximum absolute atomic E-state index is 13.4. The maximum atomic E-state index is 13.4. The molecule has 0 spiro atoms. The minimum Gasteiger partial charge on any atom is -0.339 e. The maximum Gasteiger partial charge on any atom is 0.264 e. The molecule has 0 saturated carbocycles. The first-order valence-electron chi connectivity index (χ1n) is 10.8. The number of carbonyl (C=O) groups is 1. The number of carbonyl (C=O) groups excluding carboxylic acids is 1. The lowest BCUT2D eigenvalue weighted by molar-refractivity contribution is -0.131. The van der Waals surface area contributed by atoms with Crippen LogP contribution in [0.2, 0.25) is 0 Å². The molecule has 8 heteroatoms. The smallest absolute Gasteiger partial charge is 0.264 e. The molecule has 0 aliphatic carbocycles. The van der Waals surface area contributed by atoms with E-state index >= 15 is 0 Å². The number of hydrogen-bond donors (Lipinski definition) is 0. The molecule has 1 aliphatic rings. The standard InChI is InChI=1S/C25H26IN3O3S/c26-22-11-13-23(14-12-22)29(33(31,32)24-9-5-2-6-10-24)20-25(30)28-17-15-27(16-18-28)19-21-7-3-1-4-8-21/h1-14H,15-20H2. The van der Waals surface area contributed by atoms with Crippen LogP contribution in [-0.2, 0) is 21.4 Å². The van der Waals surface area contributed by atoms with Crippen LogP contribution in [-0.4, -0.2) is 56.8 Å². The largest absolute Gasteiger partial charge is 0.339 e. The van der Waals surface area contributed by atoms with Crippen molar-refractivity contribution in [2.24, 2.45) is 0 Å². The molecule has 0 aromatic heterocycles. The lowest BCUT2D eigenvalue weighted by Gasteiger charge is -2.36. The molecule has 172 valence electrons. The van der Waals surface area contributed by atoms with E-state index in [1.54, 1.807) is 47.4 Å². The SMILES string of the molecule is O=C(CN(c1ccc(I)cc1)S(=O)(=O)c1ccccc1)N1CCN(Cc2ccccc2)CC1. The molecule has 0 N–H and O–H groups in total. The molecule has 4 rings (SSSR count). The van der Waals surface area contributed by atoms with Crippen LogP contribution in [0.1, 0.15) is 5.56 Å². The van der Waals surface area contributed by atoms with E-state index in [1.165, 1.54) is 9.87 Å². The summed E-state index contributed by atoms with van der Waals surface area (Å²) in [5.74, 6) is -0.188. The highest BCUT2D eigenvalue weighted by molar-refractivity contribution is 14.1. The summed E-state index contributed by atoms with van der Waals surface area (Å²) in [7, 11) is -3.88. The average molecular weight is 575 g/mol. The molecule has 1 saturated heterocycles. The summed E-state index contributed by atoms with van der Waals surface area (Å²) in [5.41, 5.74) is 1.73. The van der Waals surface area contributed by atoms with Gasteiger partial charge >= 0.3 is 0 Å². The number of benzene rings is 3. The fraction of sp³-hybridized carbons (Fsp3) is 0.240. The van der Waals surface area contributed by atoms with Crippen LogP contribution in [0.4, 0.5) is 5.69 Å². The molecule has 1 aliphatic heterocycles. The van der Waals surface area contributed by atoms with Crippen molar-refractivity contribution in [2.75, 3.05) is 37.0 Å². The first-order chi connectivity index (χ1) is 15.9. The summed E-state index contributed by atoms with van der Waals surface area (Å²) in [6.45, 7) is 3.30. The summed E-state index contributed by atoms with van der Waals surface area (Å²) in [5, 5.41) is 0.